The number of nitrogens with zero attached hydrogens (tertiary/aromatic N) is 4. The van der Waals surface area contributed by atoms with Crippen molar-refractivity contribution >= 4 is 23.0 Å². The van der Waals surface area contributed by atoms with E-state index in [-0.39, 0.29) is 35.8 Å². The molecule has 0 aliphatic rings. The fourth-order valence-corrected chi connectivity index (χ4v) is 2.77. The molecule has 0 fully saturated rings. The van der Waals surface area contributed by atoms with Crippen LogP contribution in [0.2, 0.25) is 0 Å². The van der Waals surface area contributed by atoms with E-state index in [0.29, 0.717) is 5.75 Å². The van der Waals surface area contributed by atoms with Crippen LogP contribution >= 0.6 is 0 Å². The topological polar surface area (TPSA) is 142 Å². The summed E-state index contributed by atoms with van der Waals surface area (Å²) in [5, 5.41) is 28.4. The lowest BCUT2D eigenvalue weighted by atomic mass is 10.1. The zero-order chi connectivity index (χ0) is 22.5. The quantitative estimate of drug-likeness (QED) is 0.422. The lowest BCUT2D eigenvalue weighted by Gasteiger charge is -2.12. The molecular weight excluding hydrogens is 406 g/mol. The van der Waals surface area contributed by atoms with Crippen LogP contribution in [-0.2, 0) is 11.3 Å². The first-order valence-electron chi connectivity index (χ1n) is 9.22. The Morgan fingerprint density at radius 3 is 2.52 bits per heavy atom. The molecule has 0 saturated carbocycles. The Morgan fingerprint density at radius 2 is 1.84 bits per heavy atom. The smallest absolute Gasteiger partial charge is 0.306 e. The van der Waals surface area contributed by atoms with E-state index in [9.17, 15) is 25.0 Å². The van der Waals surface area contributed by atoms with Crippen LogP contribution < -0.4 is 10.1 Å². The van der Waals surface area contributed by atoms with E-state index >= 15 is 0 Å². The molecular formula is C20H19N5O6. The van der Waals surface area contributed by atoms with Gasteiger partial charge in [0.1, 0.15) is 23.9 Å². The average molecular weight is 425 g/mol. The van der Waals surface area contributed by atoms with Crippen LogP contribution in [0.4, 0.5) is 17.1 Å². The summed E-state index contributed by atoms with van der Waals surface area (Å²) >= 11 is 0. The first kappa shape index (κ1) is 21.4. The number of hydrogen-bond acceptors (Lipinski definition) is 7. The first-order chi connectivity index (χ1) is 14.7. The maximum atomic E-state index is 12.3. The van der Waals surface area contributed by atoms with Gasteiger partial charge in [0.2, 0.25) is 5.91 Å². The number of anilines is 1. The van der Waals surface area contributed by atoms with Gasteiger partial charge in [0.15, 0.2) is 0 Å². The monoisotopic (exact) mass is 425 g/mol. The summed E-state index contributed by atoms with van der Waals surface area (Å²) in [7, 11) is 0. The van der Waals surface area contributed by atoms with Gasteiger partial charge < -0.3 is 10.1 Å². The highest BCUT2D eigenvalue weighted by Gasteiger charge is 2.15. The van der Waals surface area contributed by atoms with Crippen molar-refractivity contribution in [3.05, 3.63) is 80.1 Å². The van der Waals surface area contributed by atoms with E-state index in [1.807, 2.05) is 32.0 Å². The first-order valence-corrected chi connectivity index (χ1v) is 9.22. The highest BCUT2D eigenvalue weighted by molar-refractivity contribution is 5.91. The maximum Gasteiger partial charge on any atom is 0.306 e. The maximum absolute atomic E-state index is 12.3. The van der Waals surface area contributed by atoms with Gasteiger partial charge in [0, 0.05) is 25.1 Å². The number of nitro benzene ring substituents is 1. The van der Waals surface area contributed by atoms with Gasteiger partial charge in [-0.15, -0.1) is 0 Å². The number of hydrogen-bond donors (Lipinski definition) is 1. The summed E-state index contributed by atoms with van der Waals surface area (Å²) in [4.78, 5) is 33.1. The molecule has 0 radical (unpaired) electrons. The predicted molar refractivity (Wildman–Crippen MR) is 111 cm³/mol. The number of aromatic nitrogens is 2. The van der Waals surface area contributed by atoms with Crippen LogP contribution in [0.1, 0.15) is 17.5 Å². The van der Waals surface area contributed by atoms with Crippen LogP contribution in [0.15, 0.2) is 48.8 Å². The molecule has 160 valence electrons. The normalized spacial score (nSPS) is 10.5. The molecule has 11 nitrogen and oxygen atoms in total. The molecule has 1 aromatic heterocycles. The zero-order valence-corrected chi connectivity index (χ0v) is 16.8. The SMILES string of the molecule is Cc1ccc(C)c(Oc2cc(NC(=O)CCn3cc([N+](=O)[O-])cn3)cc([N+](=O)[O-])c2)c1. The molecule has 0 aliphatic heterocycles. The van der Waals surface area contributed by atoms with Crippen molar-refractivity contribution in [2.75, 3.05) is 5.32 Å². The van der Waals surface area contributed by atoms with Crippen LogP contribution in [0, 0.1) is 34.1 Å². The predicted octanol–water partition coefficient (Wildman–Crippen LogP) is 4.14. The van der Waals surface area contributed by atoms with Crippen molar-refractivity contribution in [3.63, 3.8) is 0 Å². The molecule has 0 aliphatic carbocycles. The molecule has 0 saturated heterocycles. The van der Waals surface area contributed by atoms with Crippen LogP contribution in [0.3, 0.4) is 0 Å². The molecule has 11 heteroatoms. The van der Waals surface area contributed by atoms with E-state index in [0.717, 1.165) is 17.3 Å². The van der Waals surface area contributed by atoms with Gasteiger partial charge in [-0.25, -0.2) is 0 Å². The third-order valence-electron chi connectivity index (χ3n) is 4.36. The molecule has 1 N–H and O–H groups in total. The van der Waals surface area contributed by atoms with Crippen molar-refractivity contribution in [2.45, 2.75) is 26.8 Å². The number of carbonyl (C=O) groups excluding carboxylic acids is 1. The Morgan fingerprint density at radius 1 is 1.10 bits per heavy atom. The Balaban J connectivity index is 1.73. The second-order valence-electron chi connectivity index (χ2n) is 6.86. The van der Waals surface area contributed by atoms with Gasteiger partial charge >= 0.3 is 5.69 Å². The van der Waals surface area contributed by atoms with Gasteiger partial charge in [-0.1, -0.05) is 12.1 Å². The van der Waals surface area contributed by atoms with Crippen molar-refractivity contribution < 1.29 is 19.4 Å². The zero-order valence-electron chi connectivity index (χ0n) is 16.8. The van der Waals surface area contributed by atoms with Crippen molar-refractivity contribution in [1.82, 2.24) is 9.78 Å². The molecule has 3 rings (SSSR count). The molecule has 2 aromatic carbocycles. The highest BCUT2D eigenvalue weighted by atomic mass is 16.6. The summed E-state index contributed by atoms with van der Waals surface area (Å²) in [6, 6.07) is 9.62. The second-order valence-corrected chi connectivity index (χ2v) is 6.86. The van der Waals surface area contributed by atoms with Crippen molar-refractivity contribution in [2.24, 2.45) is 0 Å². The Kier molecular flexibility index (Phi) is 6.24. The fraction of sp³-hybridized carbons (Fsp3) is 0.200. The van der Waals surface area contributed by atoms with Gasteiger partial charge in [-0.3, -0.25) is 29.7 Å². The number of benzene rings is 2. The standard InChI is InChI=1S/C20H19N5O6/c1-13-3-4-14(2)19(7-13)31-18-9-15(8-16(10-18)24(27)28)22-20(26)5-6-23-12-17(11-21-23)25(29)30/h3-4,7-12H,5-6H2,1-2H3,(H,22,26). The third kappa shape index (κ3) is 5.63. The van der Waals surface area contributed by atoms with Crippen LogP contribution in [0.25, 0.3) is 0 Å². The minimum atomic E-state index is -0.579. The molecule has 0 bridgehead atoms. The molecule has 3 aromatic rings. The number of nitro groups is 2. The highest BCUT2D eigenvalue weighted by Crippen LogP contribution is 2.31. The third-order valence-corrected chi connectivity index (χ3v) is 4.36. The number of nitrogens with one attached hydrogen (secondary N) is 1. The number of rotatable bonds is 8. The van der Waals surface area contributed by atoms with E-state index in [2.05, 4.69) is 10.4 Å². The summed E-state index contributed by atoms with van der Waals surface area (Å²) in [5.41, 5.74) is 1.62. The number of amides is 1. The summed E-state index contributed by atoms with van der Waals surface area (Å²) < 4.78 is 7.10. The number of carbonyl (C=O) groups is 1. The van der Waals surface area contributed by atoms with Crippen molar-refractivity contribution in [3.8, 4) is 11.5 Å². The van der Waals surface area contributed by atoms with Gasteiger partial charge in [-0.2, -0.15) is 5.10 Å². The molecule has 0 spiro atoms. The lowest BCUT2D eigenvalue weighted by molar-refractivity contribution is -0.385. The van der Waals surface area contributed by atoms with E-state index < -0.39 is 15.8 Å². The lowest BCUT2D eigenvalue weighted by Crippen LogP contribution is -2.15. The fourth-order valence-electron chi connectivity index (χ4n) is 2.77. The molecule has 1 heterocycles. The van der Waals surface area contributed by atoms with E-state index in [1.165, 1.54) is 29.1 Å². The average Bonchev–Trinajstić information content (AvgIpc) is 3.18. The van der Waals surface area contributed by atoms with Gasteiger partial charge in [-0.05, 0) is 31.0 Å². The minimum Gasteiger partial charge on any atom is -0.457 e. The number of non-ortho nitro benzene ring substituents is 1. The number of aryl methyl sites for hydroxylation is 3. The largest absolute Gasteiger partial charge is 0.457 e. The van der Waals surface area contributed by atoms with E-state index in [1.54, 1.807) is 0 Å². The van der Waals surface area contributed by atoms with Gasteiger partial charge in [0.25, 0.3) is 5.69 Å². The van der Waals surface area contributed by atoms with Gasteiger partial charge in [0.05, 0.1) is 21.6 Å². The van der Waals surface area contributed by atoms with Crippen LogP contribution in [-0.4, -0.2) is 25.5 Å². The summed E-state index contributed by atoms with van der Waals surface area (Å²) in [6.07, 6.45) is 2.28. The molecule has 1 amide bonds. The molecule has 0 atom stereocenters. The molecule has 0 unspecified atom stereocenters. The number of ether oxygens (including phenoxy) is 1. The summed E-state index contributed by atoms with van der Waals surface area (Å²) in [6.45, 7) is 3.87. The second kappa shape index (κ2) is 9.03. The van der Waals surface area contributed by atoms with Crippen LogP contribution in [0.5, 0.6) is 11.5 Å². The molecule has 31 heavy (non-hydrogen) atoms. The minimum absolute atomic E-state index is 0.0330. The Hall–Kier alpha value is -4.28. The summed E-state index contributed by atoms with van der Waals surface area (Å²) in [5.74, 6) is 0.329. The Bertz CT molecular complexity index is 1160. The van der Waals surface area contributed by atoms with Crippen molar-refractivity contribution in [1.29, 1.82) is 0 Å². The Labute approximate surface area is 176 Å². The van der Waals surface area contributed by atoms with E-state index in [4.69, 9.17) is 4.74 Å².